The van der Waals surface area contributed by atoms with E-state index in [1.54, 1.807) is 48.5 Å². The van der Waals surface area contributed by atoms with E-state index < -0.39 is 0 Å². The third-order valence-electron chi connectivity index (χ3n) is 3.52. The van der Waals surface area contributed by atoms with E-state index >= 15 is 0 Å². The normalized spacial score (nSPS) is 11.0. The predicted molar refractivity (Wildman–Crippen MR) is 101 cm³/mol. The number of ketones is 1. The van der Waals surface area contributed by atoms with Crippen molar-refractivity contribution in [2.75, 3.05) is 0 Å². The molecule has 0 radical (unpaired) electrons. The van der Waals surface area contributed by atoms with Crippen molar-refractivity contribution in [2.45, 2.75) is 6.61 Å². The average Bonchev–Trinajstić information content (AvgIpc) is 3.09. The highest BCUT2D eigenvalue weighted by Crippen LogP contribution is 2.32. The molecule has 1 N–H and O–H groups in total. The Bertz CT molecular complexity index is 943. The Morgan fingerprint density at radius 2 is 1.85 bits per heavy atom. The predicted octanol–water partition coefficient (Wildman–Crippen LogP) is 5.77. The number of carbonyl (C=O) groups excluding carboxylic acids is 1. The van der Waals surface area contributed by atoms with E-state index in [2.05, 4.69) is 0 Å². The standard InChI is InChI=1S/C20H14Cl2O4/c21-17-2-1-3-19(20(17)22)25-12-16-9-8-15(26-16)10-11-18(24)13-4-6-14(23)7-5-13/h1-11,23H,12H2/b11-10+. The zero-order valence-corrected chi connectivity index (χ0v) is 15.0. The lowest BCUT2D eigenvalue weighted by molar-refractivity contribution is 0.104. The largest absolute Gasteiger partial charge is 0.508 e. The van der Waals surface area contributed by atoms with Gasteiger partial charge in [-0.25, -0.2) is 0 Å². The molecule has 0 aliphatic rings. The van der Waals surface area contributed by atoms with Crippen molar-refractivity contribution in [1.82, 2.24) is 0 Å². The zero-order chi connectivity index (χ0) is 18.5. The molecule has 26 heavy (non-hydrogen) atoms. The minimum Gasteiger partial charge on any atom is -0.508 e. The van der Waals surface area contributed by atoms with Crippen molar-refractivity contribution in [3.05, 3.63) is 87.8 Å². The summed E-state index contributed by atoms with van der Waals surface area (Å²) in [6.07, 6.45) is 2.98. The maximum atomic E-state index is 12.1. The summed E-state index contributed by atoms with van der Waals surface area (Å²) in [7, 11) is 0. The van der Waals surface area contributed by atoms with Gasteiger partial charge in [0, 0.05) is 5.56 Å². The van der Waals surface area contributed by atoms with E-state index in [0.29, 0.717) is 32.9 Å². The van der Waals surface area contributed by atoms with E-state index in [1.165, 1.54) is 18.2 Å². The highest BCUT2D eigenvalue weighted by molar-refractivity contribution is 6.42. The van der Waals surface area contributed by atoms with Crippen LogP contribution in [0.4, 0.5) is 0 Å². The summed E-state index contributed by atoms with van der Waals surface area (Å²) in [4.78, 5) is 12.1. The number of rotatable bonds is 6. The molecule has 0 aliphatic carbocycles. The number of allylic oxidation sites excluding steroid dienone is 1. The van der Waals surface area contributed by atoms with Crippen LogP contribution in [-0.4, -0.2) is 10.9 Å². The highest BCUT2D eigenvalue weighted by Gasteiger charge is 2.08. The van der Waals surface area contributed by atoms with Crippen LogP contribution in [0.3, 0.4) is 0 Å². The Morgan fingerprint density at radius 1 is 1.08 bits per heavy atom. The quantitative estimate of drug-likeness (QED) is 0.430. The second kappa shape index (κ2) is 8.13. The van der Waals surface area contributed by atoms with E-state index in [9.17, 15) is 9.90 Å². The molecule has 3 rings (SSSR count). The first-order valence-corrected chi connectivity index (χ1v) is 8.45. The number of halogens is 2. The molecule has 0 atom stereocenters. The number of aromatic hydroxyl groups is 1. The molecule has 1 aromatic heterocycles. The molecule has 0 spiro atoms. The lowest BCUT2D eigenvalue weighted by atomic mass is 10.1. The average molecular weight is 389 g/mol. The topological polar surface area (TPSA) is 59.7 Å². The van der Waals surface area contributed by atoms with Crippen LogP contribution in [0.5, 0.6) is 11.5 Å². The van der Waals surface area contributed by atoms with E-state index in [1.807, 2.05) is 0 Å². The van der Waals surface area contributed by atoms with Gasteiger partial charge in [-0.15, -0.1) is 0 Å². The number of phenolic OH excluding ortho intramolecular Hbond substituents is 1. The highest BCUT2D eigenvalue weighted by atomic mass is 35.5. The first-order valence-electron chi connectivity index (χ1n) is 7.70. The molecule has 4 nitrogen and oxygen atoms in total. The molecule has 0 amide bonds. The van der Waals surface area contributed by atoms with Crippen LogP contribution >= 0.6 is 23.2 Å². The first-order chi connectivity index (χ1) is 12.5. The van der Waals surface area contributed by atoms with Crippen LogP contribution in [0.1, 0.15) is 21.9 Å². The Labute approximate surface area is 160 Å². The Balaban J connectivity index is 1.61. The summed E-state index contributed by atoms with van der Waals surface area (Å²) in [5, 5.41) is 10.0. The molecule has 0 unspecified atom stereocenters. The molecular formula is C20H14Cl2O4. The van der Waals surface area contributed by atoms with Crippen LogP contribution in [0.25, 0.3) is 6.08 Å². The van der Waals surface area contributed by atoms with Crippen LogP contribution in [0.2, 0.25) is 10.0 Å². The molecule has 0 aliphatic heterocycles. The van der Waals surface area contributed by atoms with Gasteiger partial charge in [0.25, 0.3) is 0 Å². The van der Waals surface area contributed by atoms with Gasteiger partial charge in [-0.05, 0) is 60.7 Å². The summed E-state index contributed by atoms with van der Waals surface area (Å²) in [6.45, 7) is 0.180. The molecule has 0 fully saturated rings. The lowest BCUT2D eigenvalue weighted by Gasteiger charge is -2.06. The third kappa shape index (κ3) is 4.48. The van der Waals surface area contributed by atoms with E-state index in [4.69, 9.17) is 32.4 Å². The summed E-state index contributed by atoms with van der Waals surface area (Å²) in [6, 6.07) is 14.7. The molecule has 1 heterocycles. The summed E-state index contributed by atoms with van der Waals surface area (Å²) in [5.41, 5.74) is 0.477. The number of ether oxygens (including phenoxy) is 1. The Kier molecular flexibility index (Phi) is 5.66. The molecule has 0 bridgehead atoms. The Morgan fingerprint density at radius 3 is 2.62 bits per heavy atom. The minimum absolute atomic E-state index is 0.112. The molecule has 3 aromatic rings. The number of carbonyl (C=O) groups is 1. The molecule has 2 aromatic carbocycles. The van der Waals surface area contributed by atoms with Gasteiger partial charge in [-0.2, -0.15) is 0 Å². The maximum Gasteiger partial charge on any atom is 0.185 e. The zero-order valence-electron chi connectivity index (χ0n) is 13.5. The summed E-state index contributed by atoms with van der Waals surface area (Å²) >= 11 is 12.0. The van der Waals surface area contributed by atoms with Gasteiger partial charge in [0.05, 0.1) is 5.02 Å². The van der Waals surface area contributed by atoms with Crippen molar-refractivity contribution in [1.29, 1.82) is 0 Å². The minimum atomic E-state index is -0.190. The maximum absolute atomic E-state index is 12.1. The van der Waals surface area contributed by atoms with Crippen LogP contribution < -0.4 is 4.74 Å². The monoisotopic (exact) mass is 388 g/mol. The SMILES string of the molecule is O=C(/C=C/c1ccc(COc2cccc(Cl)c2Cl)o1)c1ccc(O)cc1. The van der Waals surface area contributed by atoms with Crippen molar-refractivity contribution < 1.29 is 19.1 Å². The first kappa shape index (κ1) is 18.1. The van der Waals surface area contributed by atoms with Crippen molar-refractivity contribution in [3.8, 4) is 11.5 Å². The number of hydrogen-bond donors (Lipinski definition) is 1. The number of hydrogen-bond acceptors (Lipinski definition) is 4. The van der Waals surface area contributed by atoms with Gasteiger partial charge in [0.2, 0.25) is 0 Å². The number of phenols is 1. The van der Waals surface area contributed by atoms with Crippen LogP contribution in [0.15, 0.2) is 65.1 Å². The van der Waals surface area contributed by atoms with Crippen molar-refractivity contribution >= 4 is 35.1 Å². The van der Waals surface area contributed by atoms with Gasteiger partial charge in [-0.3, -0.25) is 4.79 Å². The third-order valence-corrected chi connectivity index (χ3v) is 4.32. The molecule has 132 valence electrons. The van der Waals surface area contributed by atoms with Crippen molar-refractivity contribution in [2.24, 2.45) is 0 Å². The van der Waals surface area contributed by atoms with E-state index in [-0.39, 0.29) is 18.1 Å². The fourth-order valence-electron chi connectivity index (χ4n) is 2.19. The second-order valence-electron chi connectivity index (χ2n) is 5.39. The molecule has 0 saturated carbocycles. The van der Waals surface area contributed by atoms with Gasteiger partial charge in [0.15, 0.2) is 5.78 Å². The molecule has 0 saturated heterocycles. The second-order valence-corrected chi connectivity index (χ2v) is 6.17. The fraction of sp³-hybridized carbons (Fsp3) is 0.0500. The van der Waals surface area contributed by atoms with Gasteiger partial charge < -0.3 is 14.3 Å². The smallest absolute Gasteiger partial charge is 0.185 e. The van der Waals surface area contributed by atoms with Crippen molar-refractivity contribution in [3.63, 3.8) is 0 Å². The molecule has 6 heteroatoms. The molecular weight excluding hydrogens is 375 g/mol. The summed E-state index contributed by atoms with van der Waals surface area (Å²) in [5.74, 6) is 1.49. The number of benzene rings is 2. The van der Waals surface area contributed by atoms with Gasteiger partial charge in [0.1, 0.15) is 34.6 Å². The van der Waals surface area contributed by atoms with Crippen LogP contribution in [-0.2, 0) is 6.61 Å². The van der Waals surface area contributed by atoms with Gasteiger partial charge >= 0.3 is 0 Å². The van der Waals surface area contributed by atoms with Gasteiger partial charge in [-0.1, -0.05) is 29.3 Å². The number of furan rings is 1. The Hall–Kier alpha value is -2.69. The summed E-state index contributed by atoms with van der Waals surface area (Å²) < 4.78 is 11.2. The van der Waals surface area contributed by atoms with Crippen LogP contribution in [0, 0.1) is 0 Å². The lowest BCUT2D eigenvalue weighted by Crippen LogP contribution is -1.94. The fourth-order valence-corrected chi connectivity index (χ4v) is 2.53. The van der Waals surface area contributed by atoms with E-state index in [0.717, 1.165) is 0 Å².